The third-order valence-corrected chi connectivity index (χ3v) is 1.47. The predicted molar refractivity (Wildman–Crippen MR) is 41.3 cm³/mol. The molecule has 0 radical (unpaired) electrons. The van der Waals surface area contributed by atoms with Crippen molar-refractivity contribution in [2.24, 2.45) is 0 Å². The molecule has 0 saturated heterocycles. The van der Waals surface area contributed by atoms with E-state index < -0.39 is 17.8 Å². The molecule has 0 bridgehead atoms. The zero-order valence-electron chi connectivity index (χ0n) is 6.55. The predicted octanol–water partition coefficient (Wildman–Crippen LogP) is 2.37. The van der Waals surface area contributed by atoms with E-state index in [1.165, 1.54) is 18.2 Å². The van der Waals surface area contributed by atoms with E-state index in [9.17, 15) is 13.6 Å². The molecule has 1 aromatic carbocycles. The molecule has 0 amide bonds. The summed E-state index contributed by atoms with van der Waals surface area (Å²) in [5.74, 6) is -1.21. The van der Waals surface area contributed by atoms with Crippen LogP contribution in [0, 0.1) is 5.82 Å². The van der Waals surface area contributed by atoms with Crippen molar-refractivity contribution in [1.29, 1.82) is 0 Å². The van der Waals surface area contributed by atoms with Crippen LogP contribution in [-0.4, -0.2) is 12.0 Å². The second-order valence-electron chi connectivity index (χ2n) is 2.49. The minimum absolute atomic E-state index is 0.0741. The number of benzene rings is 1. The van der Waals surface area contributed by atoms with E-state index in [1.54, 1.807) is 0 Å². The molecule has 0 heterocycles. The largest absolute Gasteiger partial charge is 0.291 e. The van der Waals surface area contributed by atoms with Crippen molar-refractivity contribution in [1.82, 2.24) is 0 Å². The lowest BCUT2D eigenvalue weighted by Crippen LogP contribution is -2.11. The van der Waals surface area contributed by atoms with Gasteiger partial charge in [-0.2, -0.15) is 0 Å². The van der Waals surface area contributed by atoms with Crippen molar-refractivity contribution in [2.45, 2.75) is 13.1 Å². The van der Waals surface area contributed by atoms with Crippen LogP contribution in [0.1, 0.15) is 17.3 Å². The second-order valence-corrected chi connectivity index (χ2v) is 2.49. The van der Waals surface area contributed by atoms with E-state index in [0.717, 1.165) is 13.0 Å². The minimum atomic E-state index is -1.58. The zero-order chi connectivity index (χ0) is 9.14. The summed E-state index contributed by atoms with van der Waals surface area (Å²) in [6.07, 6.45) is -1.58. The van der Waals surface area contributed by atoms with Gasteiger partial charge in [-0.1, -0.05) is 12.1 Å². The second kappa shape index (κ2) is 3.43. The van der Waals surface area contributed by atoms with Crippen molar-refractivity contribution in [3.63, 3.8) is 0 Å². The van der Waals surface area contributed by atoms with E-state index in [2.05, 4.69) is 0 Å². The molecule has 1 atom stereocenters. The maximum Gasteiger partial charge on any atom is 0.196 e. The van der Waals surface area contributed by atoms with E-state index in [4.69, 9.17) is 0 Å². The van der Waals surface area contributed by atoms with Gasteiger partial charge in [0.1, 0.15) is 5.82 Å². The quantitative estimate of drug-likeness (QED) is 0.623. The third kappa shape index (κ3) is 1.87. The number of hydrogen-bond donors (Lipinski definition) is 0. The van der Waals surface area contributed by atoms with Gasteiger partial charge in [0, 0.05) is 5.56 Å². The normalized spacial score (nSPS) is 12.6. The fourth-order valence-electron chi connectivity index (χ4n) is 0.871. The highest BCUT2D eigenvalue weighted by Crippen LogP contribution is 2.07. The molecule has 1 rings (SSSR count). The summed E-state index contributed by atoms with van der Waals surface area (Å²) in [4.78, 5) is 11.0. The van der Waals surface area contributed by atoms with Crippen LogP contribution in [0.15, 0.2) is 24.3 Å². The van der Waals surface area contributed by atoms with E-state index >= 15 is 0 Å². The first-order valence-corrected chi connectivity index (χ1v) is 3.55. The van der Waals surface area contributed by atoms with Gasteiger partial charge in [-0.3, -0.25) is 4.79 Å². The van der Waals surface area contributed by atoms with Crippen LogP contribution in [0.5, 0.6) is 0 Å². The molecule has 64 valence electrons. The third-order valence-electron chi connectivity index (χ3n) is 1.47. The molecule has 3 heteroatoms. The highest BCUT2D eigenvalue weighted by Gasteiger charge is 2.13. The molecule has 0 aliphatic heterocycles. The topological polar surface area (TPSA) is 17.1 Å². The highest BCUT2D eigenvalue weighted by atomic mass is 19.1. The van der Waals surface area contributed by atoms with Crippen molar-refractivity contribution in [3.8, 4) is 0 Å². The number of hydrogen-bond acceptors (Lipinski definition) is 1. The molecule has 0 aromatic heterocycles. The fourth-order valence-corrected chi connectivity index (χ4v) is 0.871. The van der Waals surface area contributed by atoms with Crippen LogP contribution in [0.2, 0.25) is 0 Å². The summed E-state index contributed by atoms with van der Waals surface area (Å²) in [5.41, 5.74) is 0.0741. The Morgan fingerprint density at radius 1 is 1.50 bits per heavy atom. The van der Waals surface area contributed by atoms with Gasteiger partial charge in [0.15, 0.2) is 12.0 Å². The number of ketones is 1. The molecule has 0 aliphatic rings. The molecule has 12 heavy (non-hydrogen) atoms. The molecular formula is C9H8F2O. The Morgan fingerprint density at radius 2 is 2.17 bits per heavy atom. The first-order chi connectivity index (χ1) is 5.61. The van der Waals surface area contributed by atoms with Crippen molar-refractivity contribution >= 4 is 5.78 Å². The van der Waals surface area contributed by atoms with Gasteiger partial charge >= 0.3 is 0 Å². The maximum atomic E-state index is 12.5. The highest BCUT2D eigenvalue weighted by molar-refractivity contribution is 5.99. The molecule has 1 aromatic rings. The van der Waals surface area contributed by atoms with Gasteiger partial charge in [0.2, 0.25) is 0 Å². The average molecular weight is 170 g/mol. The van der Waals surface area contributed by atoms with Gasteiger partial charge in [0.05, 0.1) is 0 Å². The Hall–Kier alpha value is -1.25. The lowest BCUT2D eigenvalue weighted by Gasteiger charge is -2.00. The van der Waals surface area contributed by atoms with E-state index in [0.29, 0.717) is 0 Å². The average Bonchev–Trinajstić information content (AvgIpc) is 2.03. The zero-order valence-corrected chi connectivity index (χ0v) is 6.55. The van der Waals surface area contributed by atoms with Crippen LogP contribution >= 0.6 is 0 Å². The minimum Gasteiger partial charge on any atom is -0.291 e. The number of alkyl halides is 1. The van der Waals surface area contributed by atoms with Gasteiger partial charge in [-0.05, 0) is 19.1 Å². The standard InChI is InChI=1S/C9H8F2O/c1-6(10)9(12)7-3-2-4-8(11)5-7/h2-6H,1H3. The van der Waals surface area contributed by atoms with E-state index in [-0.39, 0.29) is 5.56 Å². The van der Waals surface area contributed by atoms with Crippen LogP contribution in [-0.2, 0) is 0 Å². The SMILES string of the molecule is CC(F)C(=O)c1cccc(F)c1. The Balaban J connectivity index is 2.96. The lowest BCUT2D eigenvalue weighted by molar-refractivity contribution is 0.0892. The summed E-state index contributed by atoms with van der Waals surface area (Å²) in [7, 11) is 0. The van der Waals surface area contributed by atoms with Crippen molar-refractivity contribution < 1.29 is 13.6 Å². The molecule has 0 fully saturated rings. The summed E-state index contributed by atoms with van der Waals surface area (Å²) in [6.45, 7) is 1.13. The molecule has 0 saturated carbocycles. The fraction of sp³-hybridized carbons (Fsp3) is 0.222. The number of carbonyl (C=O) groups is 1. The lowest BCUT2D eigenvalue weighted by atomic mass is 10.1. The van der Waals surface area contributed by atoms with E-state index in [1.807, 2.05) is 0 Å². The van der Waals surface area contributed by atoms with Crippen LogP contribution < -0.4 is 0 Å². The number of Topliss-reactive ketones (excluding diaryl/α,β-unsaturated/α-hetero) is 1. The Labute approximate surface area is 69.0 Å². The smallest absolute Gasteiger partial charge is 0.196 e. The van der Waals surface area contributed by atoms with Crippen molar-refractivity contribution in [2.75, 3.05) is 0 Å². The molecule has 1 unspecified atom stereocenters. The molecular weight excluding hydrogens is 162 g/mol. The Morgan fingerprint density at radius 3 is 2.67 bits per heavy atom. The molecule has 0 spiro atoms. The molecule has 0 aliphatic carbocycles. The van der Waals surface area contributed by atoms with Crippen molar-refractivity contribution in [3.05, 3.63) is 35.6 Å². The number of halogens is 2. The van der Waals surface area contributed by atoms with Gasteiger partial charge in [-0.15, -0.1) is 0 Å². The van der Waals surface area contributed by atoms with Crippen LogP contribution in [0.3, 0.4) is 0 Å². The Kier molecular flexibility index (Phi) is 2.53. The van der Waals surface area contributed by atoms with Crippen LogP contribution in [0.4, 0.5) is 8.78 Å². The number of carbonyl (C=O) groups excluding carboxylic acids is 1. The van der Waals surface area contributed by atoms with Gasteiger partial charge < -0.3 is 0 Å². The monoisotopic (exact) mass is 170 g/mol. The summed E-state index contributed by atoms with van der Waals surface area (Å²) < 4.78 is 25.0. The van der Waals surface area contributed by atoms with Gasteiger partial charge in [-0.25, -0.2) is 8.78 Å². The summed E-state index contributed by atoms with van der Waals surface area (Å²) in [6, 6.07) is 5.00. The van der Waals surface area contributed by atoms with Crippen LogP contribution in [0.25, 0.3) is 0 Å². The molecule has 0 N–H and O–H groups in total. The summed E-state index contributed by atoms with van der Waals surface area (Å²) >= 11 is 0. The first kappa shape index (κ1) is 8.84. The number of rotatable bonds is 2. The van der Waals surface area contributed by atoms with Gasteiger partial charge in [0.25, 0.3) is 0 Å². The Bertz CT molecular complexity index is 294. The first-order valence-electron chi connectivity index (χ1n) is 3.55. The summed E-state index contributed by atoms with van der Waals surface area (Å²) in [5, 5.41) is 0. The molecule has 1 nitrogen and oxygen atoms in total. The maximum absolute atomic E-state index is 12.5.